The maximum absolute atomic E-state index is 12.8. The van der Waals surface area contributed by atoms with Gasteiger partial charge in [0.15, 0.2) is 5.82 Å². The fourth-order valence-corrected chi connectivity index (χ4v) is 4.37. The number of amides is 1. The van der Waals surface area contributed by atoms with Gasteiger partial charge in [-0.15, -0.1) is 0 Å². The number of anilines is 1. The Hall–Kier alpha value is -3.47. The number of hydrogen-bond acceptors (Lipinski definition) is 4. The first-order valence-electron chi connectivity index (χ1n) is 12.0. The third-order valence-corrected chi connectivity index (χ3v) is 6.76. The smallest absolute Gasteiger partial charge is 0.225 e. The van der Waals surface area contributed by atoms with Gasteiger partial charge in [0.05, 0.1) is 19.0 Å². The maximum atomic E-state index is 12.8. The van der Waals surface area contributed by atoms with Crippen LogP contribution in [0, 0.1) is 5.92 Å². The van der Waals surface area contributed by atoms with Crippen LogP contribution in [0.5, 0.6) is 0 Å². The fraction of sp³-hybridized carbons (Fsp3) is 0.345. The van der Waals surface area contributed by atoms with Crippen LogP contribution in [-0.4, -0.2) is 23.0 Å². The highest BCUT2D eigenvalue weighted by Crippen LogP contribution is 2.39. The highest BCUT2D eigenvalue weighted by molar-refractivity contribution is 5.93. The molecule has 1 N–H and O–H groups in total. The molecule has 0 aliphatic heterocycles. The second-order valence-electron chi connectivity index (χ2n) is 9.16. The van der Waals surface area contributed by atoms with Crippen LogP contribution < -0.4 is 5.32 Å². The molecule has 2 aliphatic rings. The predicted octanol–water partition coefficient (Wildman–Crippen LogP) is 6.52. The molecule has 0 radical (unpaired) electrons. The Morgan fingerprint density at radius 2 is 2.03 bits per heavy atom. The average Bonchev–Trinajstić information content (AvgIpc) is 2.87. The third kappa shape index (κ3) is 5.36. The van der Waals surface area contributed by atoms with E-state index in [0.29, 0.717) is 17.9 Å². The lowest BCUT2D eigenvalue weighted by Gasteiger charge is -2.33. The number of rotatable bonds is 8. The number of nitrogens with zero attached hydrogens (tertiary/aromatic N) is 2. The number of ether oxygens (including phenoxy) is 1. The van der Waals surface area contributed by atoms with Gasteiger partial charge in [-0.3, -0.25) is 4.79 Å². The van der Waals surface area contributed by atoms with Crippen molar-refractivity contribution in [2.75, 3.05) is 12.4 Å². The molecule has 5 nitrogen and oxygen atoms in total. The third-order valence-electron chi connectivity index (χ3n) is 6.76. The van der Waals surface area contributed by atoms with Crippen molar-refractivity contribution < 1.29 is 9.53 Å². The molecule has 1 aromatic heterocycles. The van der Waals surface area contributed by atoms with Crippen LogP contribution in [0.2, 0.25) is 0 Å². The molecule has 0 fully saturated rings. The zero-order chi connectivity index (χ0) is 24.0. The summed E-state index contributed by atoms with van der Waals surface area (Å²) >= 11 is 0. The number of methoxy groups -OCH3 is 1. The Bertz CT molecular complexity index is 1150. The molecule has 1 heterocycles. The monoisotopic (exact) mass is 455 g/mol. The van der Waals surface area contributed by atoms with E-state index in [9.17, 15) is 4.79 Å². The lowest BCUT2D eigenvalue weighted by molar-refractivity contribution is -0.116. The Kier molecular flexibility index (Phi) is 7.41. The number of benzene rings is 1. The number of hydrogen-bond donors (Lipinski definition) is 1. The van der Waals surface area contributed by atoms with Crippen LogP contribution >= 0.6 is 0 Å². The van der Waals surface area contributed by atoms with Gasteiger partial charge in [0.2, 0.25) is 5.91 Å². The Labute approximate surface area is 202 Å². The summed E-state index contributed by atoms with van der Waals surface area (Å²) in [6, 6.07) is 9.91. The van der Waals surface area contributed by atoms with Gasteiger partial charge in [-0.2, -0.15) is 0 Å². The lowest BCUT2D eigenvalue weighted by atomic mass is 9.72. The van der Waals surface area contributed by atoms with E-state index in [1.807, 2.05) is 36.4 Å². The van der Waals surface area contributed by atoms with Crippen molar-refractivity contribution in [2.45, 2.75) is 51.4 Å². The van der Waals surface area contributed by atoms with Gasteiger partial charge >= 0.3 is 0 Å². The SMILES string of the molecule is COC1=CC(C)C(C)(c2cnc(NC(=O)CCCC3=CCCC=C3)c(-c3ccccc3)n2)C=C1. The standard InChI is InChI=1S/C29H33N3O2/c1-21-19-24(34-3)17-18-29(21,2)25-20-30-28(27(31-25)23-14-8-5-9-15-23)32-26(33)16-10-13-22-11-6-4-7-12-22/h5-6,8-9,11-12,14-15,17-21H,4,7,10,13,16H2,1-3H3,(H,30,32,33). The topological polar surface area (TPSA) is 64.1 Å². The summed E-state index contributed by atoms with van der Waals surface area (Å²) in [5.74, 6) is 1.49. The van der Waals surface area contributed by atoms with E-state index in [-0.39, 0.29) is 17.2 Å². The minimum absolute atomic E-state index is 0.0376. The van der Waals surface area contributed by atoms with Crippen LogP contribution in [0.15, 0.2) is 84.3 Å². The molecule has 34 heavy (non-hydrogen) atoms. The molecule has 2 atom stereocenters. The largest absolute Gasteiger partial charge is 0.497 e. The Morgan fingerprint density at radius 3 is 2.74 bits per heavy atom. The first-order valence-corrected chi connectivity index (χ1v) is 12.0. The quantitative estimate of drug-likeness (QED) is 0.492. The number of carbonyl (C=O) groups is 1. The van der Waals surface area contributed by atoms with Crippen LogP contribution in [0.4, 0.5) is 5.82 Å². The minimum Gasteiger partial charge on any atom is -0.497 e. The van der Waals surface area contributed by atoms with Crippen molar-refractivity contribution in [3.8, 4) is 11.3 Å². The second-order valence-corrected chi connectivity index (χ2v) is 9.16. The van der Waals surface area contributed by atoms with Gasteiger partial charge in [0.25, 0.3) is 0 Å². The minimum atomic E-state index is -0.331. The molecular formula is C29H33N3O2. The van der Waals surface area contributed by atoms with E-state index in [1.54, 1.807) is 13.3 Å². The van der Waals surface area contributed by atoms with Crippen LogP contribution in [0.1, 0.15) is 51.6 Å². The van der Waals surface area contributed by atoms with Gasteiger partial charge in [-0.05, 0) is 50.7 Å². The summed E-state index contributed by atoms with van der Waals surface area (Å²) < 4.78 is 5.40. The molecule has 0 saturated carbocycles. The molecule has 176 valence electrons. The van der Waals surface area contributed by atoms with Gasteiger partial charge < -0.3 is 10.1 Å². The van der Waals surface area contributed by atoms with Gasteiger partial charge in [-0.1, -0.05) is 67.1 Å². The number of allylic oxidation sites excluding steroid dienone is 7. The molecule has 1 aromatic carbocycles. The molecule has 4 rings (SSSR count). The van der Waals surface area contributed by atoms with Gasteiger partial charge in [0, 0.05) is 17.4 Å². The molecule has 2 aromatic rings. The molecule has 5 heteroatoms. The lowest BCUT2D eigenvalue weighted by Crippen LogP contribution is -2.31. The van der Waals surface area contributed by atoms with Crippen LogP contribution in [-0.2, 0) is 14.9 Å². The Balaban J connectivity index is 1.55. The molecular weight excluding hydrogens is 422 g/mol. The summed E-state index contributed by atoms with van der Waals surface area (Å²) in [5, 5.41) is 3.02. The second kappa shape index (κ2) is 10.6. The van der Waals surface area contributed by atoms with Crippen molar-refractivity contribution in [1.82, 2.24) is 9.97 Å². The van der Waals surface area contributed by atoms with E-state index in [1.165, 1.54) is 5.57 Å². The summed E-state index contributed by atoms with van der Waals surface area (Å²) in [7, 11) is 1.68. The molecule has 0 spiro atoms. The first kappa shape index (κ1) is 23.7. The van der Waals surface area contributed by atoms with E-state index in [4.69, 9.17) is 9.72 Å². The van der Waals surface area contributed by atoms with Crippen molar-refractivity contribution in [3.63, 3.8) is 0 Å². The van der Waals surface area contributed by atoms with E-state index in [0.717, 1.165) is 42.7 Å². The Morgan fingerprint density at radius 1 is 1.21 bits per heavy atom. The highest BCUT2D eigenvalue weighted by Gasteiger charge is 2.34. The zero-order valence-electron chi connectivity index (χ0n) is 20.3. The number of aromatic nitrogens is 2. The molecule has 2 unspecified atom stereocenters. The van der Waals surface area contributed by atoms with E-state index >= 15 is 0 Å². The number of nitrogens with one attached hydrogen (secondary N) is 1. The molecule has 0 bridgehead atoms. The predicted molar refractivity (Wildman–Crippen MR) is 137 cm³/mol. The summed E-state index contributed by atoms with van der Waals surface area (Å²) in [5.41, 5.74) is 3.46. The fourth-order valence-electron chi connectivity index (χ4n) is 4.37. The maximum Gasteiger partial charge on any atom is 0.225 e. The molecule has 1 amide bonds. The van der Waals surface area contributed by atoms with E-state index in [2.05, 4.69) is 54.5 Å². The van der Waals surface area contributed by atoms with Crippen molar-refractivity contribution in [1.29, 1.82) is 0 Å². The van der Waals surface area contributed by atoms with Gasteiger partial charge in [-0.25, -0.2) is 9.97 Å². The summed E-state index contributed by atoms with van der Waals surface area (Å²) in [6.45, 7) is 4.31. The normalized spacial score (nSPS) is 21.6. The molecule has 2 aliphatic carbocycles. The van der Waals surface area contributed by atoms with Crippen molar-refractivity contribution in [2.24, 2.45) is 5.92 Å². The first-order chi connectivity index (χ1) is 16.5. The van der Waals surface area contributed by atoms with Crippen LogP contribution in [0.25, 0.3) is 11.3 Å². The zero-order valence-corrected chi connectivity index (χ0v) is 20.3. The summed E-state index contributed by atoms with van der Waals surface area (Å²) in [6.07, 6.45) is 19.0. The molecule has 0 saturated heterocycles. The van der Waals surface area contributed by atoms with E-state index < -0.39 is 0 Å². The van der Waals surface area contributed by atoms with Crippen molar-refractivity contribution >= 4 is 11.7 Å². The average molecular weight is 456 g/mol. The highest BCUT2D eigenvalue weighted by atomic mass is 16.5. The van der Waals surface area contributed by atoms with Crippen molar-refractivity contribution in [3.05, 3.63) is 90.0 Å². The van der Waals surface area contributed by atoms with Crippen LogP contribution in [0.3, 0.4) is 0 Å². The summed E-state index contributed by atoms with van der Waals surface area (Å²) in [4.78, 5) is 22.5. The number of carbonyl (C=O) groups excluding carboxylic acids is 1. The van der Waals surface area contributed by atoms with Gasteiger partial charge in [0.1, 0.15) is 11.5 Å².